The molecule has 4 N–H and O–H groups in total. The van der Waals surface area contributed by atoms with Gasteiger partial charge in [0.2, 0.25) is 11.8 Å². The molecule has 0 fully saturated rings. The number of oxazole rings is 1. The van der Waals surface area contributed by atoms with Crippen LogP contribution in [0.2, 0.25) is 5.02 Å². The number of hydrogen-bond donors (Lipinski definition) is 3. The van der Waals surface area contributed by atoms with Gasteiger partial charge in [0.1, 0.15) is 0 Å². The molecule has 1 aromatic heterocycles. The van der Waals surface area contributed by atoms with E-state index < -0.39 is 11.8 Å². The summed E-state index contributed by atoms with van der Waals surface area (Å²) < 4.78 is 5.70. The second-order valence-corrected chi connectivity index (χ2v) is 7.13. The Labute approximate surface area is 183 Å². The van der Waals surface area contributed by atoms with Crippen molar-refractivity contribution in [3.8, 4) is 11.3 Å². The number of amides is 3. The number of benzene rings is 2. The van der Waals surface area contributed by atoms with Crippen LogP contribution in [0.1, 0.15) is 29.1 Å². The number of carbonyl (C=O) groups excluding carboxylic acids is 3. The Balaban J connectivity index is 1.56. The average Bonchev–Trinajstić information content (AvgIpc) is 3.22. The van der Waals surface area contributed by atoms with Gasteiger partial charge in [-0.3, -0.25) is 14.4 Å². The Bertz CT molecular complexity index is 1080. The van der Waals surface area contributed by atoms with Crippen LogP contribution in [0.3, 0.4) is 0 Å². The predicted molar refractivity (Wildman–Crippen MR) is 116 cm³/mol. The Hall–Kier alpha value is -3.65. The number of halogens is 1. The van der Waals surface area contributed by atoms with Gasteiger partial charge in [-0.2, -0.15) is 0 Å². The summed E-state index contributed by atoms with van der Waals surface area (Å²) in [6.07, 6.45) is 2.06. The molecule has 0 saturated heterocycles. The Kier molecular flexibility index (Phi) is 7.40. The van der Waals surface area contributed by atoms with Crippen LogP contribution in [0.15, 0.2) is 59.1 Å². The van der Waals surface area contributed by atoms with Crippen LogP contribution in [-0.4, -0.2) is 29.3 Å². The van der Waals surface area contributed by atoms with Crippen LogP contribution in [0.25, 0.3) is 11.3 Å². The normalized spacial score (nSPS) is 10.5. The minimum absolute atomic E-state index is 0.0361. The molecule has 3 amide bonds. The van der Waals surface area contributed by atoms with E-state index in [0.29, 0.717) is 34.3 Å². The van der Waals surface area contributed by atoms with Crippen LogP contribution < -0.4 is 16.4 Å². The number of primary amides is 1. The summed E-state index contributed by atoms with van der Waals surface area (Å²) in [5.41, 5.74) is 6.57. The first-order chi connectivity index (χ1) is 14.9. The van der Waals surface area contributed by atoms with E-state index in [1.165, 1.54) is 0 Å². The zero-order chi connectivity index (χ0) is 22.2. The monoisotopic (exact) mass is 440 g/mol. The number of para-hydroxylation sites is 1. The number of rotatable bonds is 9. The zero-order valence-electron chi connectivity index (χ0n) is 16.6. The molecule has 0 aliphatic rings. The van der Waals surface area contributed by atoms with Gasteiger partial charge in [0, 0.05) is 36.4 Å². The molecular formula is C22H21ClN4O4. The maximum atomic E-state index is 12.4. The summed E-state index contributed by atoms with van der Waals surface area (Å²) in [4.78, 5) is 39.7. The smallest absolute Gasteiger partial charge is 0.253 e. The van der Waals surface area contributed by atoms with Crippen LogP contribution in [0.5, 0.6) is 0 Å². The van der Waals surface area contributed by atoms with E-state index in [1.807, 2.05) is 12.1 Å². The molecule has 0 atom stereocenters. The molecule has 0 radical (unpaired) electrons. The number of hydrogen-bond acceptors (Lipinski definition) is 5. The van der Waals surface area contributed by atoms with Crippen molar-refractivity contribution in [1.29, 1.82) is 0 Å². The van der Waals surface area contributed by atoms with E-state index in [2.05, 4.69) is 15.6 Å². The number of carbonyl (C=O) groups is 3. The third-order valence-corrected chi connectivity index (χ3v) is 4.60. The summed E-state index contributed by atoms with van der Waals surface area (Å²) in [7, 11) is 0. The maximum Gasteiger partial charge on any atom is 0.253 e. The SMILES string of the molecule is NC(=O)CCNC(=O)c1ccccc1NC(=O)CCc1ncc(-c2ccc(Cl)cc2)o1. The molecule has 0 saturated carbocycles. The molecule has 1 heterocycles. The minimum atomic E-state index is -0.507. The number of aromatic nitrogens is 1. The molecule has 0 aliphatic heterocycles. The van der Waals surface area contributed by atoms with Crippen LogP contribution in [0, 0.1) is 0 Å². The second-order valence-electron chi connectivity index (χ2n) is 6.69. The molecule has 0 spiro atoms. The van der Waals surface area contributed by atoms with Crippen molar-refractivity contribution in [3.05, 3.63) is 71.2 Å². The van der Waals surface area contributed by atoms with Gasteiger partial charge in [-0.05, 0) is 36.4 Å². The van der Waals surface area contributed by atoms with Crippen LogP contribution in [0.4, 0.5) is 5.69 Å². The fourth-order valence-corrected chi connectivity index (χ4v) is 2.92. The third-order valence-electron chi connectivity index (χ3n) is 4.35. The highest BCUT2D eigenvalue weighted by molar-refractivity contribution is 6.30. The number of nitrogens with two attached hydrogens (primary N) is 1. The highest BCUT2D eigenvalue weighted by Crippen LogP contribution is 2.23. The van der Waals surface area contributed by atoms with Crippen molar-refractivity contribution < 1.29 is 18.8 Å². The molecule has 3 rings (SSSR count). The van der Waals surface area contributed by atoms with Gasteiger partial charge in [0.15, 0.2) is 11.7 Å². The van der Waals surface area contributed by atoms with Crippen molar-refractivity contribution in [1.82, 2.24) is 10.3 Å². The van der Waals surface area contributed by atoms with Gasteiger partial charge in [-0.1, -0.05) is 23.7 Å². The van der Waals surface area contributed by atoms with Crippen LogP contribution >= 0.6 is 11.6 Å². The molecule has 2 aromatic carbocycles. The van der Waals surface area contributed by atoms with Gasteiger partial charge in [-0.25, -0.2) is 4.98 Å². The first kappa shape index (κ1) is 22.0. The summed E-state index contributed by atoms with van der Waals surface area (Å²) in [5, 5.41) is 5.96. The Morgan fingerprint density at radius 1 is 1.03 bits per heavy atom. The van der Waals surface area contributed by atoms with Gasteiger partial charge in [-0.15, -0.1) is 0 Å². The fourth-order valence-electron chi connectivity index (χ4n) is 2.79. The Morgan fingerprint density at radius 3 is 2.52 bits per heavy atom. The van der Waals surface area contributed by atoms with Crippen LogP contribution in [-0.2, 0) is 16.0 Å². The first-order valence-corrected chi connectivity index (χ1v) is 9.96. The molecule has 0 bridgehead atoms. The summed E-state index contributed by atoms with van der Waals surface area (Å²) >= 11 is 5.89. The molecule has 9 heteroatoms. The second kappa shape index (κ2) is 10.4. The van der Waals surface area contributed by atoms with Crippen molar-refractivity contribution >= 4 is 35.0 Å². The molecule has 31 heavy (non-hydrogen) atoms. The average molecular weight is 441 g/mol. The van der Waals surface area contributed by atoms with Gasteiger partial charge < -0.3 is 20.8 Å². The van der Waals surface area contributed by atoms with E-state index >= 15 is 0 Å². The van der Waals surface area contributed by atoms with E-state index in [1.54, 1.807) is 42.6 Å². The lowest BCUT2D eigenvalue weighted by Gasteiger charge is -2.11. The Morgan fingerprint density at radius 2 is 1.77 bits per heavy atom. The standard InChI is InChI=1S/C22H21ClN4O4/c23-15-7-5-14(6-8-15)18-13-26-21(31-18)10-9-20(29)27-17-4-2-1-3-16(17)22(30)25-12-11-19(24)28/h1-8,13H,9-12H2,(H2,24,28)(H,25,30)(H,27,29). The summed E-state index contributed by atoms with van der Waals surface area (Å²) in [6.45, 7) is 0.122. The largest absolute Gasteiger partial charge is 0.441 e. The lowest BCUT2D eigenvalue weighted by molar-refractivity contribution is -0.118. The molecule has 3 aromatic rings. The highest BCUT2D eigenvalue weighted by atomic mass is 35.5. The summed E-state index contributed by atoms with van der Waals surface area (Å²) in [6, 6.07) is 13.8. The molecule has 0 aliphatic carbocycles. The first-order valence-electron chi connectivity index (χ1n) is 9.58. The molecule has 160 valence electrons. The van der Waals surface area contributed by atoms with Gasteiger partial charge in [0.05, 0.1) is 17.4 Å². The molecule has 8 nitrogen and oxygen atoms in total. The lowest BCUT2D eigenvalue weighted by Crippen LogP contribution is -2.28. The van der Waals surface area contributed by atoms with E-state index in [0.717, 1.165) is 5.56 Å². The topological polar surface area (TPSA) is 127 Å². The van der Waals surface area contributed by atoms with Crippen molar-refractivity contribution in [3.63, 3.8) is 0 Å². The fraction of sp³-hybridized carbons (Fsp3) is 0.182. The number of nitrogens with zero attached hydrogens (tertiary/aromatic N) is 1. The van der Waals surface area contributed by atoms with Crippen molar-refractivity contribution in [2.24, 2.45) is 5.73 Å². The number of nitrogens with one attached hydrogen (secondary N) is 2. The van der Waals surface area contributed by atoms with Crippen molar-refractivity contribution in [2.75, 3.05) is 11.9 Å². The van der Waals surface area contributed by atoms with Gasteiger partial charge in [0.25, 0.3) is 5.91 Å². The third kappa shape index (κ3) is 6.42. The van der Waals surface area contributed by atoms with E-state index in [4.69, 9.17) is 21.8 Å². The number of aryl methyl sites for hydroxylation is 1. The quantitative estimate of drug-likeness (QED) is 0.471. The lowest BCUT2D eigenvalue weighted by atomic mass is 10.1. The zero-order valence-corrected chi connectivity index (χ0v) is 17.3. The molecule has 0 unspecified atom stereocenters. The summed E-state index contributed by atoms with van der Waals surface area (Å²) in [5.74, 6) is -0.184. The van der Waals surface area contributed by atoms with Crippen molar-refractivity contribution in [2.45, 2.75) is 19.3 Å². The minimum Gasteiger partial charge on any atom is -0.441 e. The molecular weight excluding hydrogens is 420 g/mol. The maximum absolute atomic E-state index is 12.4. The predicted octanol–water partition coefficient (Wildman–Crippen LogP) is 3.17. The number of anilines is 1. The van der Waals surface area contributed by atoms with Gasteiger partial charge >= 0.3 is 0 Å². The van der Waals surface area contributed by atoms with E-state index in [9.17, 15) is 14.4 Å². The van der Waals surface area contributed by atoms with E-state index in [-0.39, 0.29) is 25.3 Å². The highest BCUT2D eigenvalue weighted by Gasteiger charge is 2.14.